The number of hydrogen-bond donors (Lipinski definition) is 2. The van der Waals surface area contributed by atoms with Crippen LogP contribution in [0.2, 0.25) is 0 Å². The standard InChI is InChI=1S/C11H15NO2S/c1-11(2,10(13)14)7-15-9-6-4-3-5-8(9)12/h3-6H,7,12H2,1-2H3,(H,13,14). The van der Waals surface area contributed by atoms with Gasteiger partial charge in [-0.05, 0) is 26.0 Å². The molecule has 1 aromatic carbocycles. The minimum absolute atomic E-state index is 0.510. The van der Waals surface area contributed by atoms with E-state index in [1.54, 1.807) is 13.8 Å². The minimum Gasteiger partial charge on any atom is -0.481 e. The SMILES string of the molecule is CC(C)(CSc1ccccc1N)C(=O)O. The smallest absolute Gasteiger partial charge is 0.309 e. The number of para-hydroxylation sites is 1. The first-order valence-electron chi connectivity index (χ1n) is 4.64. The molecule has 0 aromatic heterocycles. The van der Waals surface area contributed by atoms with Gasteiger partial charge in [0, 0.05) is 16.3 Å². The molecule has 0 saturated heterocycles. The molecule has 0 atom stereocenters. The molecule has 0 radical (unpaired) electrons. The molecule has 0 aliphatic heterocycles. The molecule has 1 aromatic rings. The zero-order chi connectivity index (χ0) is 11.5. The highest BCUT2D eigenvalue weighted by Gasteiger charge is 2.27. The van der Waals surface area contributed by atoms with Gasteiger partial charge < -0.3 is 10.8 Å². The van der Waals surface area contributed by atoms with Crippen molar-refractivity contribution in [2.24, 2.45) is 5.41 Å². The predicted molar refractivity (Wildman–Crippen MR) is 63.0 cm³/mol. The highest BCUT2D eigenvalue weighted by atomic mass is 32.2. The van der Waals surface area contributed by atoms with E-state index in [-0.39, 0.29) is 0 Å². The van der Waals surface area contributed by atoms with Crippen molar-refractivity contribution in [1.82, 2.24) is 0 Å². The van der Waals surface area contributed by atoms with Crippen LogP contribution in [0.25, 0.3) is 0 Å². The van der Waals surface area contributed by atoms with E-state index < -0.39 is 11.4 Å². The molecule has 0 unspecified atom stereocenters. The van der Waals surface area contributed by atoms with E-state index in [1.165, 1.54) is 11.8 Å². The third-order valence-corrected chi connectivity index (χ3v) is 3.64. The zero-order valence-corrected chi connectivity index (χ0v) is 9.67. The summed E-state index contributed by atoms with van der Waals surface area (Å²) in [5, 5.41) is 8.94. The number of benzene rings is 1. The van der Waals surface area contributed by atoms with Crippen LogP contribution < -0.4 is 5.73 Å². The largest absolute Gasteiger partial charge is 0.481 e. The molecule has 0 aliphatic rings. The molecule has 3 N–H and O–H groups in total. The lowest BCUT2D eigenvalue weighted by Gasteiger charge is -2.18. The average molecular weight is 225 g/mol. The Kier molecular flexibility index (Phi) is 3.63. The minimum atomic E-state index is -0.787. The Labute approximate surface area is 93.7 Å². The van der Waals surface area contributed by atoms with E-state index in [1.807, 2.05) is 24.3 Å². The Morgan fingerprint density at radius 2 is 2.07 bits per heavy atom. The normalized spacial score (nSPS) is 11.3. The molecule has 0 aliphatic carbocycles. The number of aliphatic carboxylic acids is 1. The van der Waals surface area contributed by atoms with Gasteiger partial charge in [-0.3, -0.25) is 4.79 Å². The molecular formula is C11H15NO2S. The molecule has 82 valence electrons. The van der Waals surface area contributed by atoms with Crippen LogP contribution in [0, 0.1) is 5.41 Å². The van der Waals surface area contributed by atoms with Crippen molar-refractivity contribution in [3.05, 3.63) is 24.3 Å². The molecular weight excluding hydrogens is 210 g/mol. The van der Waals surface area contributed by atoms with Gasteiger partial charge in [-0.15, -0.1) is 11.8 Å². The molecule has 0 fully saturated rings. The van der Waals surface area contributed by atoms with Crippen LogP contribution in [-0.2, 0) is 4.79 Å². The van der Waals surface area contributed by atoms with E-state index in [9.17, 15) is 4.79 Å². The monoisotopic (exact) mass is 225 g/mol. The first-order valence-corrected chi connectivity index (χ1v) is 5.63. The average Bonchev–Trinajstić information content (AvgIpc) is 2.16. The molecule has 0 bridgehead atoms. The van der Waals surface area contributed by atoms with Crippen LogP contribution in [0.1, 0.15) is 13.8 Å². The van der Waals surface area contributed by atoms with E-state index in [2.05, 4.69) is 0 Å². The number of carboxylic acids is 1. The fourth-order valence-corrected chi connectivity index (χ4v) is 1.98. The van der Waals surface area contributed by atoms with E-state index in [0.717, 1.165) is 4.90 Å². The summed E-state index contributed by atoms with van der Waals surface area (Å²) in [5.41, 5.74) is 5.73. The molecule has 0 spiro atoms. The van der Waals surface area contributed by atoms with Crippen molar-refractivity contribution in [3.8, 4) is 0 Å². The number of carboxylic acid groups (broad SMARTS) is 1. The zero-order valence-electron chi connectivity index (χ0n) is 8.86. The number of rotatable bonds is 4. The summed E-state index contributed by atoms with van der Waals surface area (Å²) in [6.07, 6.45) is 0. The number of carbonyl (C=O) groups is 1. The van der Waals surface area contributed by atoms with Crippen LogP contribution >= 0.6 is 11.8 Å². The summed E-state index contributed by atoms with van der Waals surface area (Å²) in [6, 6.07) is 7.47. The maximum Gasteiger partial charge on any atom is 0.309 e. The highest BCUT2D eigenvalue weighted by Crippen LogP contribution is 2.30. The van der Waals surface area contributed by atoms with Gasteiger partial charge >= 0.3 is 5.97 Å². The number of nitrogens with two attached hydrogens (primary N) is 1. The van der Waals surface area contributed by atoms with Crippen LogP contribution in [0.5, 0.6) is 0 Å². The van der Waals surface area contributed by atoms with Crippen molar-refractivity contribution in [2.45, 2.75) is 18.7 Å². The fourth-order valence-electron chi connectivity index (χ4n) is 0.932. The third-order valence-electron chi connectivity index (χ3n) is 2.09. The number of thioether (sulfide) groups is 1. The summed E-state index contributed by atoms with van der Waals surface area (Å²) >= 11 is 1.48. The number of nitrogen functional groups attached to an aromatic ring is 1. The van der Waals surface area contributed by atoms with Crippen molar-refractivity contribution >= 4 is 23.4 Å². The summed E-state index contributed by atoms with van der Waals surface area (Å²) in [6.45, 7) is 3.42. The first-order chi connectivity index (χ1) is 6.93. The predicted octanol–water partition coefficient (Wildman–Crippen LogP) is 2.47. The van der Waals surface area contributed by atoms with Crippen LogP contribution in [0.4, 0.5) is 5.69 Å². The molecule has 0 saturated carbocycles. The van der Waals surface area contributed by atoms with Crippen LogP contribution in [0.3, 0.4) is 0 Å². The first kappa shape index (κ1) is 11.9. The van der Waals surface area contributed by atoms with E-state index in [0.29, 0.717) is 11.4 Å². The van der Waals surface area contributed by atoms with Crippen molar-refractivity contribution in [3.63, 3.8) is 0 Å². The highest BCUT2D eigenvalue weighted by molar-refractivity contribution is 7.99. The second kappa shape index (κ2) is 4.57. The number of hydrogen-bond acceptors (Lipinski definition) is 3. The second-order valence-electron chi connectivity index (χ2n) is 4.02. The van der Waals surface area contributed by atoms with Gasteiger partial charge in [0.2, 0.25) is 0 Å². The lowest BCUT2D eigenvalue weighted by Crippen LogP contribution is -2.26. The quantitative estimate of drug-likeness (QED) is 0.610. The Hall–Kier alpha value is -1.16. The third kappa shape index (κ3) is 3.16. The topological polar surface area (TPSA) is 63.3 Å². The second-order valence-corrected chi connectivity index (χ2v) is 5.03. The van der Waals surface area contributed by atoms with Gasteiger partial charge in [-0.1, -0.05) is 12.1 Å². The molecule has 0 heterocycles. The molecule has 1 rings (SSSR count). The summed E-state index contributed by atoms with van der Waals surface area (Å²) in [5.74, 6) is -0.277. The van der Waals surface area contributed by atoms with Gasteiger partial charge in [0.1, 0.15) is 0 Å². The molecule has 3 nitrogen and oxygen atoms in total. The van der Waals surface area contributed by atoms with Gasteiger partial charge in [-0.2, -0.15) is 0 Å². The Balaban J connectivity index is 2.66. The van der Waals surface area contributed by atoms with Crippen molar-refractivity contribution < 1.29 is 9.90 Å². The van der Waals surface area contributed by atoms with Crippen molar-refractivity contribution in [2.75, 3.05) is 11.5 Å². The molecule has 0 amide bonds. The van der Waals surface area contributed by atoms with Crippen LogP contribution in [0.15, 0.2) is 29.2 Å². The van der Waals surface area contributed by atoms with E-state index in [4.69, 9.17) is 10.8 Å². The summed E-state index contributed by atoms with van der Waals surface area (Å²) in [4.78, 5) is 11.8. The Morgan fingerprint density at radius 1 is 1.47 bits per heavy atom. The van der Waals surface area contributed by atoms with Crippen LogP contribution in [-0.4, -0.2) is 16.8 Å². The van der Waals surface area contributed by atoms with E-state index >= 15 is 0 Å². The maximum absolute atomic E-state index is 10.9. The van der Waals surface area contributed by atoms with Gasteiger partial charge in [0.05, 0.1) is 5.41 Å². The summed E-state index contributed by atoms with van der Waals surface area (Å²) in [7, 11) is 0. The fraction of sp³-hybridized carbons (Fsp3) is 0.364. The van der Waals surface area contributed by atoms with Gasteiger partial charge in [0.15, 0.2) is 0 Å². The van der Waals surface area contributed by atoms with Gasteiger partial charge in [-0.25, -0.2) is 0 Å². The lowest BCUT2D eigenvalue weighted by molar-refractivity contribution is -0.145. The Morgan fingerprint density at radius 3 is 2.60 bits per heavy atom. The lowest BCUT2D eigenvalue weighted by atomic mass is 9.97. The Bertz CT molecular complexity index is 363. The molecule has 4 heteroatoms. The summed E-state index contributed by atoms with van der Waals surface area (Å²) < 4.78 is 0. The number of anilines is 1. The maximum atomic E-state index is 10.9. The van der Waals surface area contributed by atoms with Gasteiger partial charge in [0.25, 0.3) is 0 Å². The molecule has 15 heavy (non-hydrogen) atoms. The van der Waals surface area contributed by atoms with Crippen molar-refractivity contribution in [1.29, 1.82) is 0 Å².